The van der Waals surface area contributed by atoms with Crippen molar-refractivity contribution in [3.63, 3.8) is 0 Å². The summed E-state index contributed by atoms with van der Waals surface area (Å²) in [5, 5.41) is 1.51. The summed E-state index contributed by atoms with van der Waals surface area (Å²) in [6.45, 7) is -0.517. The second-order valence-corrected chi connectivity index (χ2v) is 4.83. The molecule has 0 fully saturated rings. The van der Waals surface area contributed by atoms with E-state index in [2.05, 4.69) is 25.4 Å². The molecule has 11 heteroatoms. The molecule has 1 aromatic heterocycles. The number of rotatable bonds is 2. The molecule has 0 bridgehead atoms. The van der Waals surface area contributed by atoms with Gasteiger partial charge in [0.25, 0.3) is 5.56 Å². The van der Waals surface area contributed by atoms with Crippen LogP contribution in [0.5, 0.6) is 0 Å². The lowest BCUT2D eigenvalue weighted by Crippen LogP contribution is -2.47. The third kappa shape index (κ3) is 3.17. The maximum Gasteiger partial charge on any atom is 0.407 e. The Kier molecular flexibility index (Phi) is 3.54. The first-order chi connectivity index (χ1) is 10.8. The summed E-state index contributed by atoms with van der Waals surface area (Å²) in [5.41, 5.74) is 1.87. The molecule has 0 unspecified atom stereocenters. The van der Waals surface area contributed by atoms with E-state index in [1.54, 1.807) is 0 Å². The molecule has 122 valence electrons. The molecule has 0 saturated carbocycles. The quantitative estimate of drug-likeness (QED) is 0.689. The lowest BCUT2D eigenvalue weighted by atomic mass is 10.1. The van der Waals surface area contributed by atoms with Crippen LogP contribution in [0.3, 0.4) is 0 Å². The van der Waals surface area contributed by atoms with Crippen molar-refractivity contribution in [3.8, 4) is 0 Å². The number of fused-ring (bicyclic) bond motifs is 1. The highest BCUT2D eigenvalue weighted by molar-refractivity contribution is 6.47. The van der Waals surface area contributed by atoms with Crippen molar-refractivity contribution in [1.82, 2.24) is 20.4 Å². The molecule has 2 aliphatic rings. The smallest absolute Gasteiger partial charge is 0.313 e. The van der Waals surface area contributed by atoms with E-state index >= 15 is 0 Å². The number of aromatic amines is 2. The Morgan fingerprint density at radius 3 is 2.83 bits per heavy atom. The number of aliphatic imine (C=N–C) groups is 2. The topological polar surface area (TPSA) is 106 Å². The van der Waals surface area contributed by atoms with Gasteiger partial charge < -0.3 is 4.98 Å². The van der Waals surface area contributed by atoms with E-state index in [0.29, 0.717) is 18.9 Å². The van der Waals surface area contributed by atoms with Crippen LogP contribution in [-0.2, 0) is 0 Å². The minimum Gasteiger partial charge on any atom is -0.313 e. The third-order valence-electron chi connectivity index (χ3n) is 3.14. The summed E-state index contributed by atoms with van der Waals surface area (Å²) >= 11 is 0. The highest BCUT2D eigenvalue weighted by Crippen LogP contribution is 2.18. The van der Waals surface area contributed by atoms with Crippen LogP contribution in [0.25, 0.3) is 5.70 Å². The van der Waals surface area contributed by atoms with Gasteiger partial charge in [-0.05, 0) is 6.08 Å². The SMILES string of the molecule is O=c1[nH]cc(C2=CC(=NCC(F)(F)F)C3=NCCN3N2)c(=O)[nH]1. The average molecular weight is 328 g/mol. The number of hydrogen-bond acceptors (Lipinski definition) is 6. The Hall–Kier alpha value is -2.85. The van der Waals surface area contributed by atoms with Gasteiger partial charge in [-0.15, -0.1) is 0 Å². The standard InChI is InChI=1S/C12H11F3N6O2/c13-12(14,15)5-18-8-3-7(20-21-2-1-16-9(8)21)6-4-17-11(23)19-10(6)22/h3-4,20H,1-2,5H2,(H2,17,19,22,23). The number of aromatic nitrogens is 2. The predicted molar refractivity (Wildman–Crippen MR) is 76.2 cm³/mol. The number of alkyl halides is 3. The third-order valence-corrected chi connectivity index (χ3v) is 3.14. The molecular weight excluding hydrogens is 317 g/mol. The fourth-order valence-electron chi connectivity index (χ4n) is 2.19. The van der Waals surface area contributed by atoms with Crippen molar-refractivity contribution in [2.75, 3.05) is 19.6 Å². The normalized spacial score (nSPS) is 19.3. The number of hydrazine groups is 1. The van der Waals surface area contributed by atoms with Crippen molar-refractivity contribution in [2.45, 2.75) is 6.18 Å². The van der Waals surface area contributed by atoms with Gasteiger partial charge in [-0.25, -0.2) is 4.79 Å². The number of H-pyrrole nitrogens is 2. The number of nitrogens with zero attached hydrogens (tertiary/aromatic N) is 3. The van der Waals surface area contributed by atoms with Crippen molar-refractivity contribution in [3.05, 3.63) is 38.7 Å². The van der Waals surface area contributed by atoms with Gasteiger partial charge in [-0.3, -0.25) is 30.2 Å². The van der Waals surface area contributed by atoms with Crippen LogP contribution in [0, 0.1) is 0 Å². The summed E-state index contributed by atoms with van der Waals surface area (Å²) in [4.78, 5) is 34.9. The molecule has 2 aliphatic heterocycles. The highest BCUT2D eigenvalue weighted by atomic mass is 19.4. The van der Waals surface area contributed by atoms with Crippen molar-refractivity contribution in [1.29, 1.82) is 0 Å². The van der Waals surface area contributed by atoms with Crippen molar-refractivity contribution < 1.29 is 13.2 Å². The average Bonchev–Trinajstić information content (AvgIpc) is 2.92. The zero-order valence-electron chi connectivity index (χ0n) is 11.6. The monoisotopic (exact) mass is 328 g/mol. The molecule has 3 N–H and O–H groups in total. The highest BCUT2D eigenvalue weighted by Gasteiger charge is 2.31. The van der Waals surface area contributed by atoms with Crippen LogP contribution in [0.1, 0.15) is 5.56 Å². The van der Waals surface area contributed by atoms with Crippen LogP contribution in [0.15, 0.2) is 31.8 Å². The number of hydrogen-bond donors (Lipinski definition) is 3. The first-order valence-electron chi connectivity index (χ1n) is 6.58. The summed E-state index contributed by atoms with van der Waals surface area (Å²) in [6.07, 6.45) is -1.96. The number of amidine groups is 1. The van der Waals surface area contributed by atoms with Gasteiger partial charge in [0, 0.05) is 6.20 Å². The molecule has 8 nitrogen and oxygen atoms in total. The summed E-state index contributed by atoms with van der Waals surface area (Å²) < 4.78 is 37.2. The zero-order valence-corrected chi connectivity index (χ0v) is 11.6. The van der Waals surface area contributed by atoms with E-state index in [0.717, 1.165) is 0 Å². The van der Waals surface area contributed by atoms with Gasteiger partial charge >= 0.3 is 11.9 Å². The molecule has 0 saturated heterocycles. The maximum absolute atomic E-state index is 12.4. The molecular formula is C12H11F3N6O2. The lowest BCUT2D eigenvalue weighted by Gasteiger charge is -2.28. The molecule has 3 rings (SSSR count). The summed E-state index contributed by atoms with van der Waals surface area (Å²) in [7, 11) is 0. The Labute approximate surface area is 126 Å². The first-order valence-corrected chi connectivity index (χ1v) is 6.58. The van der Waals surface area contributed by atoms with Crippen LogP contribution in [0.4, 0.5) is 13.2 Å². The Bertz CT molecular complexity index is 832. The fourth-order valence-corrected chi connectivity index (χ4v) is 2.19. The largest absolute Gasteiger partial charge is 0.407 e. The summed E-state index contributed by atoms with van der Waals surface area (Å²) in [6, 6.07) is 0. The van der Waals surface area contributed by atoms with Gasteiger partial charge in [-0.2, -0.15) is 13.2 Å². The fraction of sp³-hybridized carbons (Fsp3) is 0.333. The molecule has 0 amide bonds. The molecule has 23 heavy (non-hydrogen) atoms. The minimum absolute atomic E-state index is 0.0270. The second-order valence-electron chi connectivity index (χ2n) is 4.83. The molecule has 3 heterocycles. The summed E-state index contributed by atoms with van der Waals surface area (Å²) in [5.74, 6) is 0.291. The zero-order chi connectivity index (χ0) is 16.6. The molecule has 0 atom stereocenters. The molecule has 0 radical (unpaired) electrons. The van der Waals surface area contributed by atoms with Crippen LogP contribution in [-0.4, -0.2) is 52.3 Å². The Morgan fingerprint density at radius 1 is 1.35 bits per heavy atom. The molecule has 0 aliphatic carbocycles. The number of nitrogens with one attached hydrogen (secondary N) is 3. The van der Waals surface area contributed by atoms with Gasteiger partial charge in [0.15, 0.2) is 5.84 Å². The second kappa shape index (κ2) is 5.41. The molecule has 0 aromatic carbocycles. The van der Waals surface area contributed by atoms with Crippen molar-refractivity contribution >= 4 is 17.2 Å². The number of halogens is 3. The molecule has 0 spiro atoms. The van der Waals surface area contributed by atoms with Crippen LogP contribution < -0.4 is 16.7 Å². The minimum atomic E-state index is -4.44. The van der Waals surface area contributed by atoms with Gasteiger partial charge in [0.1, 0.15) is 12.3 Å². The van der Waals surface area contributed by atoms with Crippen LogP contribution in [0.2, 0.25) is 0 Å². The van der Waals surface area contributed by atoms with E-state index in [1.807, 2.05) is 0 Å². The lowest BCUT2D eigenvalue weighted by molar-refractivity contribution is -0.118. The Balaban J connectivity index is 2.02. The van der Waals surface area contributed by atoms with Gasteiger partial charge in [0.2, 0.25) is 0 Å². The predicted octanol–water partition coefficient (Wildman–Crippen LogP) is -0.360. The van der Waals surface area contributed by atoms with E-state index in [1.165, 1.54) is 17.3 Å². The van der Waals surface area contributed by atoms with Gasteiger partial charge in [0.05, 0.1) is 24.4 Å². The molecule has 1 aromatic rings. The van der Waals surface area contributed by atoms with E-state index in [4.69, 9.17) is 0 Å². The van der Waals surface area contributed by atoms with E-state index in [-0.39, 0.29) is 17.0 Å². The maximum atomic E-state index is 12.4. The van der Waals surface area contributed by atoms with E-state index < -0.39 is 24.0 Å². The van der Waals surface area contributed by atoms with Gasteiger partial charge in [-0.1, -0.05) is 0 Å². The van der Waals surface area contributed by atoms with Crippen molar-refractivity contribution in [2.24, 2.45) is 9.98 Å². The Morgan fingerprint density at radius 2 is 2.13 bits per heavy atom. The van der Waals surface area contributed by atoms with Crippen LogP contribution >= 0.6 is 0 Å². The van der Waals surface area contributed by atoms with E-state index in [9.17, 15) is 22.8 Å². The first kappa shape index (κ1) is 15.1.